The van der Waals surface area contributed by atoms with Crippen LogP contribution in [0.4, 0.5) is 0 Å². The van der Waals surface area contributed by atoms with E-state index in [0.717, 1.165) is 5.56 Å². The lowest BCUT2D eigenvalue weighted by molar-refractivity contribution is 0.0939. The fourth-order valence-electron chi connectivity index (χ4n) is 1.85. The van der Waals surface area contributed by atoms with E-state index < -0.39 is 0 Å². The number of rotatable bonds is 4. The van der Waals surface area contributed by atoms with Gasteiger partial charge in [0.1, 0.15) is 0 Å². The minimum Gasteiger partial charge on any atom is -0.346 e. The zero-order chi connectivity index (χ0) is 14.5. The topological polar surface area (TPSA) is 68.0 Å². The second-order valence-electron chi connectivity index (χ2n) is 4.49. The molecule has 0 bridgehead atoms. The Morgan fingerprint density at radius 3 is 2.70 bits per heavy atom. The van der Waals surface area contributed by atoms with Crippen LogP contribution >= 0.6 is 11.6 Å². The molecule has 2 aromatic rings. The van der Waals surface area contributed by atoms with E-state index in [1.54, 1.807) is 30.5 Å². The molecule has 1 heterocycles. The number of pyridine rings is 1. The molecule has 1 aromatic carbocycles. The zero-order valence-electron chi connectivity index (χ0n) is 11.1. The molecule has 0 saturated carbocycles. The summed E-state index contributed by atoms with van der Waals surface area (Å²) < 4.78 is 0. The lowest BCUT2D eigenvalue weighted by Crippen LogP contribution is -2.26. The Bertz CT molecular complexity index is 598. The number of hydrogen-bond donors (Lipinski definition) is 2. The van der Waals surface area contributed by atoms with Crippen LogP contribution in [-0.4, -0.2) is 10.9 Å². The SMILES string of the molecule is CC(NC(=O)c1ccnc(CN)c1)c1ccc(Cl)cc1. The molecular formula is C15H16ClN3O. The van der Waals surface area contributed by atoms with Crippen molar-refractivity contribution in [2.75, 3.05) is 0 Å². The maximum Gasteiger partial charge on any atom is 0.251 e. The molecule has 2 rings (SSSR count). The largest absolute Gasteiger partial charge is 0.346 e. The highest BCUT2D eigenvalue weighted by Gasteiger charge is 2.11. The summed E-state index contributed by atoms with van der Waals surface area (Å²) in [5.41, 5.74) is 7.76. The number of hydrogen-bond acceptors (Lipinski definition) is 3. The summed E-state index contributed by atoms with van der Waals surface area (Å²) in [6, 6.07) is 10.7. The van der Waals surface area contributed by atoms with Crippen molar-refractivity contribution in [2.45, 2.75) is 19.5 Å². The first-order valence-corrected chi connectivity index (χ1v) is 6.69. The van der Waals surface area contributed by atoms with Crippen molar-refractivity contribution in [2.24, 2.45) is 5.73 Å². The molecule has 5 heteroatoms. The summed E-state index contributed by atoms with van der Waals surface area (Å²) in [5.74, 6) is -0.149. The maximum absolute atomic E-state index is 12.2. The smallest absolute Gasteiger partial charge is 0.251 e. The van der Waals surface area contributed by atoms with E-state index in [2.05, 4.69) is 10.3 Å². The molecule has 0 fully saturated rings. The quantitative estimate of drug-likeness (QED) is 0.909. The van der Waals surface area contributed by atoms with Crippen molar-refractivity contribution in [3.05, 3.63) is 64.4 Å². The van der Waals surface area contributed by atoms with E-state index in [9.17, 15) is 4.79 Å². The molecular weight excluding hydrogens is 274 g/mol. The molecule has 0 radical (unpaired) electrons. The highest BCUT2D eigenvalue weighted by molar-refractivity contribution is 6.30. The van der Waals surface area contributed by atoms with Crippen molar-refractivity contribution in [1.82, 2.24) is 10.3 Å². The van der Waals surface area contributed by atoms with Crippen LogP contribution in [0.3, 0.4) is 0 Å². The normalized spacial score (nSPS) is 11.9. The molecule has 0 aliphatic heterocycles. The molecule has 0 aliphatic carbocycles. The average molecular weight is 290 g/mol. The highest BCUT2D eigenvalue weighted by Crippen LogP contribution is 2.16. The van der Waals surface area contributed by atoms with Gasteiger partial charge in [0, 0.05) is 23.3 Å². The van der Waals surface area contributed by atoms with Gasteiger partial charge in [-0.2, -0.15) is 0 Å². The monoisotopic (exact) mass is 289 g/mol. The van der Waals surface area contributed by atoms with Crippen LogP contribution in [0.2, 0.25) is 5.02 Å². The molecule has 4 nitrogen and oxygen atoms in total. The first-order chi connectivity index (χ1) is 9.60. The van der Waals surface area contributed by atoms with E-state index >= 15 is 0 Å². The van der Waals surface area contributed by atoms with E-state index in [1.807, 2.05) is 19.1 Å². The van der Waals surface area contributed by atoms with Gasteiger partial charge < -0.3 is 11.1 Å². The van der Waals surface area contributed by atoms with Crippen molar-refractivity contribution in [1.29, 1.82) is 0 Å². The maximum atomic E-state index is 12.2. The Morgan fingerprint density at radius 2 is 2.05 bits per heavy atom. The number of benzene rings is 1. The number of amides is 1. The number of carbonyl (C=O) groups is 1. The predicted molar refractivity (Wildman–Crippen MR) is 79.5 cm³/mol. The van der Waals surface area contributed by atoms with Crippen LogP contribution in [-0.2, 0) is 6.54 Å². The Morgan fingerprint density at radius 1 is 1.35 bits per heavy atom. The van der Waals surface area contributed by atoms with Crippen molar-refractivity contribution in [3.63, 3.8) is 0 Å². The third-order valence-electron chi connectivity index (χ3n) is 3.01. The Labute approximate surface area is 123 Å². The summed E-state index contributed by atoms with van der Waals surface area (Å²) >= 11 is 5.85. The van der Waals surface area contributed by atoms with Crippen molar-refractivity contribution < 1.29 is 4.79 Å². The number of aromatic nitrogens is 1. The fourth-order valence-corrected chi connectivity index (χ4v) is 1.97. The first kappa shape index (κ1) is 14.5. The van der Waals surface area contributed by atoms with Gasteiger partial charge in [0.05, 0.1) is 11.7 Å². The molecule has 0 spiro atoms. The van der Waals surface area contributed by atoms with Gasteiger partial charge in [-0.1, -0.05) is 23.7 Å². The molecule has 1 atom stereocenters. The number of nitrogens with two attached hydrogens (primary N) is 1. The van der Waals surface area contributed by atoms with Crippen LogP contribution in [0.15, 0.2) is 42.6 Å². The number of nitrogens with one attached hydrogen (secondary N) is 1. The van der Waals surface area contributed by atoms with Gasteiger partial charge in [-0.25, -0.2) is 0 Å². The summed E-state index contributed by atoms with van der Waals surface area (Å²) in [5, 5.41) is 3.61. The molecule has 20 heavy (non-hydrogen) atoms. The van der Waals surface area contributed by atoms with Gasteiger partial charge in [-0.05, 0) is 36.8 Å². The molecule has 1 aromatic heterocycles. The summed E-state index contributed by atoms with van der Waals surface area (Å²) in [4.78, 5) is 16.2. The summed E-state index contributed by atoms with van der Waals surface area (Å²) in [7, 11) is 0. The van der Waals surface area contributed by atoms with E-state index in [1.165, 1.54) is 0 Å². The van der Waals surface area contributed by atoms with Gasteiger partial charge in [0.15, 0.2) is 0 Å². The van der Waals surface area contributed by atoms with E-state index in [4.69, 9.17) is 17.3 Å². The Balaban J connectivity index is 2.08. The lowest BCUT2D eigenvalue weighted by Gasteiger charge is -2.14. The van der Waals surface area contributed by atoms with E-state index in [0.29, 0.717) is 22.8 Å². The fraction of sp³-hybridized carbons (Fsp3) is 0.200. The third-order valence-corrected chi connectivity index (χ3v) is 3.26. The molecule has 0 saturated heterocycles. The Hall–Kier alpha value is -1.91. The minimum absolute atomic E-state index is 0.103. The van der Waals surface area contributed by atoms with Crippen LogP contribution in [0.1, 0.15) is 34.6 Å². The number of carbonyl (C=O) groups excluding carboxylic acids is 1. The van der Waals surface area contributed by atoms with Gasteiger partial charge in [0.25, 0.3) is 5.91 Å². The molecule has 1 amide bonds. The first-order valence-electron chi connectivity index (χ1n) is 6.31. The van der Waals surface area contributed by atoms with Crippen LogP contribution in [0.25, 0.3) is 0 Å². The Kier molecular flexibility index (Phi) is 4.71. The number of nitrogens with zero attached hydrogens (tertiary/aromatic N) is 1. The standard InChI is InChI=1S/C15H16ClN3O/c1-10(11-2-4-13(16)5-3-11)19-15(20)12-6-7-18-14(8-12)9-17/h2-8,10H,9,17H2,1H3,(H,19,20). The highest BCUT2D eigenvalue weighted by atomic mass is 35.5. The van der Waals surface area contributed by atoms with Crippen LogP contribution in [0.5, 0.6) is 0 Å². The zero-order valence-corrected chi connectivity index (χ0v) is 11.9. The molecule has 104 valence electrons. The number of halogens is 1. The third kappa shape index (κ3) is 3.56. The summed E-state index contributed by atoms with van der Waals surface area (Å²) in [6.07, 6.45) is 1.59. The lowest BCUT2D eigenvalue weighted by atomic mass is 10.1. The second-order valence-corrected chi connectivity index (χ2v) is 4.92. The van der Waals surface area contributed by atoms with Crippen molar-refractivity contribution >= 4 is 17.5 Å². The minimum atomic E-state index is -0.149. The summed E-state index contributed by atoms with van der Waals surface area (Å²) in [6.45, 7) is 2.24. The molecule has 1 unspecified atom stereocenters. The van der Waals surface area contributed by atoms with Crippen LogP contribution < -0.4 is 11.1 Å². The molecule has 0 aliphatic rings. The predicted octanol–water partition coefficient (Wildman–Crippen LogP) is 2.68. The molecule has 3 N–H and O–H groups in total. The average Bonchev–Trinajstić information content (AvgIpc) is 2.47. The van der Waals surface area contributed by atoms with Crippen LogP contribution in [0, 0.1) is 0 Å². The van der Waals surface area contributed by atoms with Gasteiger partial charge in [-0.15, -0.1) is 0 Å². The van der Waals surface area contributed by atoms with Gasteiger partial charge >= 0.3 is 0 Å². The van der Waals surface area contributed by atoms with Gasteiger partial charge in [-0.3, -0.25) is 9.78 Å². The van der Waals surface area contributed by atoms with Gasteiger partial charge in [0.2, 0.25) is 0 Å². The second kappa shape index (κ2) is 6.50. The van der Waals surface area contributed by atoms with Crippen molar-refractivity contribution in [3.8, 4) is 0 Å². The van der Waals surface area contributed by atoms with E-state index in [-0.39, 0.29) is 11.9 Å².